The molecule has 0 unspecified atom stereocenters. The molecule has 0 saturated carbocycles. The molecule has 53 heteroatoms. The van der Waals surface area contributed by atoms with Gasteiger partial charge in [-0.15, -0.1) is 0 Å². The molecule has 4 heterocycles. The molecule has 2 atom stereocenters. The number of benzene rings is 8. The Labute approximate surface area is 870 Å². The minimum atomic E-state index is -5.80. The molecule has 8 aromatic carbocycles. The van der Waals surface area contributed by atoms with E-state index in [1.165, 1.54) is 79.5 Å². The van der Waals surface area contributed by atoms with Crippen LogP contribution in [0.15, 0.2) is 192 Å². The second kappa shape index (κ2) is 61.8. The van der Waals surface area contributed by atoms with E-state index in [0.717, 1.165) is 28.3 Å². The average Bonchev–Trinajstić information content (AvgIpc) is 1.38. The van der Waals surface area contributed by atoms with E-state index in [0.29, 0.717) is 103 Å². The molecule has 2 aliphatic heterocycles. The number of aromatic nitrogens is 2. The molecule has 2 fully saturated rings. The molecule has 0 aliphatic carbocycles. The van der Waals surface area contributed by atoms with E-state index in [9.17, 15) is 84.8 Å². The van der Waals surface area contributed by atoms with Gasteiger partial charge in [-0.05, 0) is 111 Å². The molecule has 46 nitrogen and oxygen atoms in total. The van der Waals surface area contributed by atoms with Crippen LogP contribution in [0.1, 0.15) is 90.9 Å². The third-order valence-electron chi connectivity index (χ3n) is 18.2. The number of alkyl carbamates (subject to hydrolysis) is 2. The number of oxazole rings is 2. The minimum Gasteiger partial charge on any atom is -0.662 e. The number of rotatable bonds is 41. The van der Waals surface area contributed by atoms with Gasteiger partial charge < -0.3 is 126 Å². The molecule has 142 heavy (non-hydrogen) atoms. The number of phenolic OH excluding ortho intramolecular Hbond substituents is 1. The van der Waals surface area contributed by atoms with Crippen LogP contribution in [0, 0.1) is 20.2 Å². The Hall–Kier alpha value is -12.8. The maximum atomic E-state index is 13.1. The number of alkyl halides is 3. The molecule has 10 aromatic rings. The molecule has 762 valence electrons. The van der Waals surface area contributed by atoms with Crippen LogP contribution >= 0.6 is 15.2 Å². The number of nitrogens with one attached hydrogen (secondary N) is 6. The van der Waals surface area contributed by atoms with Crippen molar-refractivity contribution in [2.45, 2.75) is 92.0 Å². The van der Waals surface area contributed by atoms with Gasteiger partial charge in [0.2, 0.25) is 11.5 Å². The fraction of sp³-hybridized carbons (Fsp3) is 0.315. The first-order valence-corrected chi connectivity index (χ1v) is 46.4. The first kappa shape index (κ1) is 120. The summed E-state index contributed by atoms with van der Waals surface area (Å²) in [4.78, 5) is 111. The van der Waals surface area contributed by atoms with Crippen molar-refractivity contribution in [2.24, 2.45) is 0 Å². The Bertz CT molecular complexity index is 5900. The van der Waals surface area contributed by atoms with Crippen molar-refractivity contribution in [2.75, 3.05) is 115 Å². The van der Waals surface area contributed by atoms with Gasteiger partial charge in [0.05, 0.1) is 137 Å². The second-order valence-electron chi connectivity index (χ2n) is 27.7. The van der Waals surface area contributed by atoms with E-state index in [1.54, 1.807) is 86.8 Å². The SMILES string of the molecule is C.CCOP(=O)(COS(=O)(=O)C(F)(F)F)OCC.CCOP(=O)(COc1c(NC(=O)Nc2cccc(CNC(=O)O[C@H]3CCOC3)c2)ccc(-c2cnco2)c1OC)OCC.COc1c(-c2cnco2)ccc(NC(=O)Nc2cccc(CNC(=O)O[C@H]3CCOC3)c2)c1OCc1ccccc1.COc1c(C=O)ccc([N+](=O)[O-])c1O.COc1c(C=O)ccc([N+](=O)[O-])c1OCc1ccccc1.O=CO[O-].[Cs+]. The number of ether oxygens (including phenoxy) is 11. The van der Waals surface area contributed by atoms with E-state index in [1.807, 2.05) is 66.7 Å². The zero-order chi connectivity index (χ0) is 102. The Morgan fingerprint density at radius 2 is 0.915 bits per heavy atom. The topological polar surface area (TPSA) is 598 Å². The van der Waals surface area contributed by atoms with Crippen LogP contribution in [0.25, 0.3) is 22.6 Å². The van der Waals surface area contributed by atoms with E-state index in [4.69, 9.17) is 75.3 Å². The Balaban J connectivity index is 0.000000329. The maximum Gasteiger partial charge on any atom is 1.00 e. The predicted molar refractivity (Wildman–Crippen MR) is 496 cm³/mol. The Morgan fingerprint density at radius 1 is 0.521 bits per heavy atom. The number of hydrogen-bond donors (Lipinski definition) is 7. The van der Waals surface area contributed by atoms with E-state index >= 15 is 0 Å². The summed E-state index contributed by atoms with van der Waals surface area (Å²) in [6.07, 6.45) is 4.76. The third kappa shape index (κ3) is 38.2. The van der Waals surface area contributed by atoms with Gasteiger partial charge in [-0.2, -0.15) is 21.6 Å². The molecule has 6 amide bonds. The zero-order valence-corrected chi connectivity index (χ0v) is 85.9. The van der Waals surface area contributed by atoms with Gasteiger partial charge in [-0.25, -0.2) is 29.1 Å². The van der Waals surface area contributed by atoms with Gasteiger partial charge >= 0.3 is 135 Å². The summed E-state index contributed by atoms with van der Waals surface area (Å²) in [7, 11) is -7.91. The monoisotopic (exact) mass is 2170 g/mol. The standard InChI is InChI=1S/C30H30N4O7.C28H35N4O10P.C15H13NO5.C8H7NO5.C6H12F3O6PS.CH2O3.CH4.Cs/c1-37-27-24(26-16-31-19-40-26)10-11-25(28(27)39-17-20-6-3-2-4-7-20)34-29(35)33-22-9-5-8-21(14-22)15-32-30(36)41-23-12-13-38-18-23;1-4-40-43(35,41-5-2)18-39-26-23(10-9-22(25(26)36-3)24-15-29-17-38-24)32-27(33)31-20-8-6-7-19(13-20)14-30-28(34)42-21-11-12-37-16-21;1-20-14-12(9-17)7-8-13(16(18)19)15(14)21-10-11-5-3-2-4-6-11;1-14-8-5(4-10)2-3-6(7(8)11)9(12)13;1-3-13-16(10,14-4-2)5-15-17(11,12)6(7,8)9;2-1-4-3;;/h2-11,14,16,19,23H,12-13,15,17-18H2,1H3,(H,32,36)(H2,33,34,35);6-10,13,15,17,21H,4-5,11-12,14,16,18H2,1-3H3,(H,30,34)(H2,31,32,33);2-9H,10H2,1H3;2-4,11H,1H3;3-5H2,1-2H3;1,3H;1H4;/q;;;;;;;+1/p-1/t23-;21-;;;;;;/m00....../s1. The summed E-state index contributed by atoms with van der Waals surface area (Å²) in [5.74, 6) is 1.09. The number of nitro groups is 2. The number of aldehydes is 2. The number of anilines is 4. The van der Waals surface area contributed by atoms with Crippen LogP contribution in [0.3, 0.4) is 0 Å². The van der Waals surface area contributed by atoms with Crippen molar-refractivity contribution < 1.29 is 241 Å². The van der Waals surface area contributed by atoms with E-state index < -0.39 is 89.0 Å². The number of nitrogens with zero attached hydrogens (tertiary/aromatic N) is 4. The molecular weight excluding hydrogens is 2070 g/mol. The fourth-order valence-corrected chi connectivity index (χ4v) is 15.6. The number of hydrogen-bond acceptors (Lipinski definition) is 38. The van der Waals surface area contributed by atoms with Gasteiger partial charge in [0, 0.05) is 49.4 Å². The van der Waals surface area contributed by atoms with Gasteiger partial charge in [0.25, 0.3) is 6.47 Å². The number of urea groups is 2. The van der Waals surface area contributed by atoms with E-state index in [-0.39, 0.29) is 199 Å². The number of carbonyl (C=O) groups is 7. The van der Waals surface area contributed by atoms with Crippen LogP contribution in [0.4, 0.5) is 66.5 Å². The second-order valence-corrected chi connectivity index (χ2v) is 33.3. The molecule has 2 saturated heterocycles. The van der Waals surface area contributed by atoms with Gasteiger partial charge in [0.15, 0.2) is 84.1 Å². The predicted octanol–water partition coefficient (Wildman–Crippen LogP) is 13.5. The van der Waals surface area contributed by atoms with Gasteiger partial charge in [0.1, 0.15) is 25.4 Å². The maximum absolute atomic E-state index is 13.1. The van der Waals surface area contributed by atoms with Crippen molar-refractivity contribution in [1.29, 1.82) is 0 Å². The van der Waals surface area contributed by atoms with Crippen LogP contribution in [-0.4, -0.2) is 188 Å². The quantitative estimate of drug-likeness (QED) is 0.00356. The fourth-order valence-electron chi connectivity index (χ4n) is 12.1. The van der Waals surface area contributed by atoms with Gasteiger partial charge in [-0.3, -0.25) is 47.9 Å². The zero-order valence-electron chi connectivity index (χ0n) is 77.0. The smallest absolute Gasteiger partial charge is 0.662 e. The number of halogens is 3. The molecule has 2 aliphatic rings. The number of methoxy groups -OCH3 is 4. The summed E-state index contributed by atoms with van der Waals surface area (Å²) in [5, 5.41) is 55.8. The van der Waals surface area contributed by atoms with Crippen molar-refractivity contribution in [1.82, 2.24) is 20.6 Å². The first-order chi connectivity index (χ1) is 67.2. The van der Waals surface area contributed by atoms with Crippen LogP contribution in [-0.2, 0) is 96.5 Å². The number of aromatic hydroxyl groups is 1. The summed E-state index contributed by atoms with van der Waals surface area (Å²) in [6.45, 7) is 8.89. The van der Waals surface area contributed by atoms with Gasteiger partial charge in [-0.1, -0.05) is 92.4 Å². The molecule has 0 spiro atoms. The average molecular weight is 2170 g/mol. The first-order valence-electron chi connectivity index (χ1n) is 41.5. The molecule has 12 rings (SSSR count). The summed E-state index contributed by atoms with van der Waals surface area (Å²) in [6, 6.07) is 43.4. The van der Waals surface area contributed by atoms with Crippen LogP contribution in [0.2, 0.25) is 0 Å². The normalized spacial score (nSPS) is 12.8. The third-order valence-corrected chi connectivity index (χ3v) is 22.9. The summed E-state index contributed by atoms with van der Waals surface area (Å²) in [5.41, 5.74) is 0.0135. The molecule has 2 aromatic heterocycles. The van der Waals surface area contributed by atoms with Crippen molar-refractivity contribution in [3.05, 3.63) is 237 Å². The number of carbonyl (C=O) groups excluding carboxylic acids is 7. The Kier molecular flexibility index (Phi) is 52.1. The minimum absolute atomic E-state index is 0. The van der Waals surface area contributed by atoms with Crippen molar-refractivity contribution in [3.63, 3.8) is 0 Å². The summed E-state index contributed by atoms with van der Waals surface area (Å²) >= 11 is 0. The van der Waals surface area contributed by atoms with Crippen LogP contribution < -0.4 is 139 Å². The number of nitro benzene ring substituents is 2. The molecular formula is C89H102CsF3N10O36P2S. The van der Waals surface area contributed by atoms with E-state index in [2.05, 4.69) is 64.7 Å². The Morgan fingerprint density at radius 3 is 1.28 bits per heavy atom. The molecule has 0 radical (unpaired) electrons. The molecule has 7 N–H and O–H groups in total. The number of phenols is 1. The largest absolute Gasteiger partial charge is 1.00 e. The van der Waals surface area contributed by atoms with Crippen molar-refractivity contribution in [3.8, 4) is 68.6 Å². The molecule has 0 bridgehead atoms. The van der Waals surface area contributed by atoms with Crippen LogP contribution in [0.5, 0.6) is 46.0 Å². The number of amides is 6. The van der Waals surface area contributed by atoms with Crippen molar-refractivity contribution >= 4 is 103 Å². The summed E-state index contributed by atoms with van der Waals surface area (Å²) < 4.78 is 175.